The Hall–Kier alpha value is -5.93. The summed E-state index contributed by atoms with van der Waals surface area (Å²) in [6.45, 7) is 1.98. The molecule has 1 heterocycles. The number of carbonyl (C=O) groups excluding carboxylic acids is 3. The number of anilines is 2. The van der Waals surface area contributed by atoms with Crippen LogP contribution in [0.1, 0.15) is 21.5 Å². The van der Waals surface area contributed by atoms with Crippen LogP contribution in [0, 0.1) is 6.92 Å². The fourth-order valence-electron chi connectivity index (χ4n) is 4.64. The number of amides is 3. The molecule has 232 valence electrons. The lowest BCUT2D eigenvalue weighted by molar-refractivity contribution is -0.114. The average molecular weight is 639 g/mol. The zero-order valence-electron chi connectivity index (χ0n) is 25.4. The molecule has 6 aromatic rings. The smallest absolute Gasteiger partial charge is 0.272 e. The molecular formula is C38H30N4O4S. The van der Waals surface area contributed by atoms with E-state index >= 15 is 0 Å². The van der Waals surface area contributed by atoms with Gasteiger partial charge in [0.1, 0.15) is 11.2 Å². The molecule has 0 radical (unpaired) electrons. The SMILES string of the molecule is Cc1ccc(/C=C(\NC(=O)c2ccccc2)C(=O)Nc2ccc(SCC(=O)Nc3ccc(-c4nc5ccccc5o4)cc3)cc2)cc1. The summed E-state index contributed by atoms with van der Waals surface area (Å²) < 4.78 is 5.82. The van der Waals surface area contributed by atoms with Crippen LogP contribution in [0.15, 0.2) is 142 Å². The molecule has 0 saturated carbocycles. The number of hydrogen-bond donors (Lipinski definition) is 3. The quantitative estimate of drug-likeness (QED) is 0.104. The number of benzene rings is 5. The summed E-state index contributed by atoms with van der Waals surface area (Å²) >= 11 is 1.37. The molecule has 6 rings (SSSR count). The first-order valence-corrected chi connectivity index (χ1v) is 15.8. The van der Waals surface area contributed by atoms with Gasteiger partial charge in [-0.05, 0) is 91.4 Å². The summed E-state index contributed by atoms with van der Waals surface area (Å²) in [5, 5.41) is 8.52. The summed E-state index contributed by atoms with van der Waals surface area (Å²) in [6.07, 6.45) is 1.64. The molecule has 5 aromatic carbocycles. The number of nitrogens with zero attached hydrogens (tertiary/aromatic N) is 1. The van der Waals surface area contributed by atoms with E-state index < -0.39 is 5.91 Å². The fraction of sp³-hybridized carbons (Fsp3) is 0.0526. The fourth-order valence-corrected chi connectivity index (χ4v) is 5.34. The summed E-state index contributed by atoms with van der Waals surface area (Å²) in [5.41, 5.74) is 5.96. The third kappa shape index (κ3) is 8.22. The normalized spacial score (nSPS) is 11.2. The van der Waals surface area contributed by atoms with E-state index in [1.54, 1.807) is 42.5 Å². The molecule has 0 unspecified atom stereocenters. The lowest BCUT2D eigenvalue weighted by Crippen LogP contribution is -2.30. The van der Waals surface area contributed by atoms with Crippen LogP contribution in [0.5, 0.6) is 0 Å². The first kappa shape index (κ1) is 31.1. The first-order valence-electron chi connectivity index (χ1n) is 14.8. The van der Waals surface area contributed by atoms with Crippen LogP contribution in [0.4, 0.5) is 11.4 Å². The number of fused-ring (bicyclic) bond motifs is 1. The lowest BCUT2D eigenvalue weighted by Gasteiger charge is -2.12. The van der Waals surface area contributed by atoms with Crippen LogP contribution >= 0.6 is 11.8 Å². The van der Waals surface area contributed by atoms with E-state index in [2.05, 4.69) is 20.9 Å². The molecule has 0 fully saturated rings. The van der Waals surface area contributed by atoms with Crippen LogP contribution in [-0.4, -0.2) is 28.5 Å². The number of hydrogen-bond acceptors (Lipinski definition) is 6. The van der Waals surface area contributed by atoms with Gasteiger partial charge in [0.15, 0.2) is 5.58 Å². The van der Waals surface area contributed by atoms with Gasteiger partial charge in [-0.3, -0.25) is 14.4 Å². The number of para-hydroxylation sites is 2. The molecule has 47 heavy (non-hydrogen) atoms. The molecule has 0 saturated heterocycles. The molecule has 9 heteroatoms. The van der Waals surface area contributed by atoms with Gasteiger partial charge in [0, 0.05) is 27.4 Å². The molecule has 0 bridgehead atoms. The highest BCUT2D eigenvalue weighted by molar-refractivity contribution is 8.00. The van der Waals surface area contributed by atoms with Crippen molar-refractivity contribution in [1.29, 1.82) is 0 Å². The Morgan fingerprint density at radius 1 is 0.745 bits per heavy atom. The third-order valence-corrected chi connectivity index (χ3v) is 8.12. The van der Waals surface area contributed by atoms with Gasteiger partial charge in [0.05, 0.1) is 5.75 Å². The van der Waals surface area contributed by atoms with Crippen molar-refractivity contribution in [3.63, 3.8) is 0 Å². The molecule has 8 nitrogen and oxygen atoms in total. The number of thioether (sulfide) groups is 1. The van der Waals surface area contributed by atoms with E-state index in [9.17, 15) is 14.4 Å². The number of carbonyl (C=O) groups is 3. The van der Waals surface area contributed by atoms with Gasteiger partial charge in [0.25, 0.3) is 11.8 Å². The van der Waals surface area contributed by atoms with Crippen molar-refractivity contribution in [2.45, 2.75) is 11.8 Å². The minimum atomic E-state index is -0.461. The molecule has 0 aliphatic carbocycles. The molecule has 0 aliphatic rings. The summed E-state index contributed by atoms with van der Waals surface area (Å²) in [5.74, 6) is -0.273. The maximum atomic E-state index is 13.3. The van der Waals surface area contributed by atoms with Crippen LogP contribution < -0.4 is 16.0 Å². The van der Waals surface area contributed by atoms with Crippen LogP contribution in [0.25, 0.3) is 28.6 Å². The van der Waals surface area contributed by atoms with Crippen molar-refractivity contribution < 1.29 is 18.8 Å². The van der Waals surface area contributed by atoms with Gasteiger partial charge in [-0.1, -0.05) is 60.2 Å². The van der Waals surface area contributed by atoms with Gasteiger partial charge < -0.3 is 20.4 Å². The van der Waals surface area contributed by atoms with E-state index in [0.717, 1.165) is 32.7 Å². The van der Waals surface area contributed by atoms with E-state index in [-0.39, 0.29) is 23.3 Å². The lowest BCUT2D eigenvalue weighted by atomic mass is 10.1. The average Bonchev–Trinajstić information content (AvgIpc) is 3.54. The molecule has 0 atom stereocenters. The molecule has 1 aromatic heterocycles. The van der Waals surface area contributed by atoms with Gasteiger partial charge in [-0.25, -0.2) is 4.98 Å². The summed E-state index contributed by atoms with van der Waals surface area (Å²) in [7, 11) is 0. The minimum Gasteiger partial charge on any atom is -0.436 e. The molecule has 0 spiro atoms. The molecular weight excluding hydrogens is 609 g/mol. The second-order valence-electron chi connectivity index (χ2n) is 10.7. The van der Waals surface area contributed by atoms with Crippen LogP contribution in [0.2, 0.25) is 0 Å². The van der Waals surface area contributed by atoms with Gasteiger partial charge in [-0.2, -0.15) is 0 Å². The van der Waals surface area contributed by atoms with Crippen molar-refractivity contribution in [1.82, 2.24) is 10.3 Å². The second kappa shape index (κ2) is 14.4. The van der Waals surface area contributed by atoms with Crippen LogP contribution in [-0.2, 0) is 9.59 Å². The predicted octanol–water partition coefficient (Wildman–Crippen LogP) is 7.94. The van der Waals surface area contributed by atoms with E-state index in [0.29, 0.717) is 22.8 Å². The van der Waals surface area contributed by atoms with E-state index in [4.69, 9.17) is 4.42 Å². The highest BCUT2D eigenvalue weighted by Crippen LogP contribution is 2.26. The Labute approximate surface area is 275 Å². The summed E-state index contributed by atoms with van der Waals surface area (Å²) in [6, 6.07) is 38.5. The summed E-state index contributed by atoms with van der Waals surface area (Å²) in [4.78, 5) is 44.2. The Morgan fingerprint density at radius 3 is 2.13 bits per heavy atom. The zero-order chi connectivity index (χ0) is 32.6. The maximum Gasteiger partial charge on any atom is 0.272 e. The van der Waals surface area contributed by atoms with Crippen molar-refractivity contribution in [3.05, 3.63) is 150 Å². The predicted molar refractivity (Wildman–Crippen MR) is 187 cm³/mol. The third-order valence-electron chi connectivity index (χ3n) is 7.11. The topological polar surface area (TPSA) is 113 Å². The van der Waals surface area contributed by atoms with Gasteiger partial charge >= 0.3 is 0 Å². The number of aryl methyl sites for hydroxylation is 1. The minimum absolute atomic E-state index is 0.111. The van der Waals surface area contributed by atoms with E-state index in [1.165, 1.54) is 11.8 Å². The van der Waals surface area contributed by atoms with Crippen molar-refractivity contribution in [2.24, 2.45) is 0 Å². The Balaban J connectivity index is 1.04. The Kier molecular flexibility index (Phi) is 9.55. The molecule has 3 N–H and O–H groups in total. The number of rotatable bonds is 10. The highest BCUT2D eigenvalue weighted by Gasteiger charge is 2.15. The number of aromatic nitrogens is 1. The van der Waals surface area contributed by atoms with Crippen molar-refractivity contribution in [3.8, 4) is 11.5 Å². The largest absolute Gasteiger partial charge is 0.436 e. The second-order valence-corrected chi connectivity index (χ2v) is 11.7. The Morgan fingerprint density at radius 2 is 1.40 bits per heavy atom. The van der Waals surface area contributed by atoms with E-state index in [1.807, 2.05) is 97.9 Å². The van der Waals surface area contributed by atoms with Gasteiger partial charge in [0.2, 0.25) is 11.8 Å². The standard InChI is InChI=1S/C38H30N4O4S/c1-25-11-13-26(14-12-25)23-33(41-36(44)27-7-3-2-4-8-27)37(45)40-30-19-21-31(22-20-30)47-24-35(43)39-29-17-15-28(16-18-29)38-42-32-9-5-6-10-34(32)46-38/h2-23H,24H2,1H3,(H,39,43)(H,40,45)(H,41,44)/b33-23-. The number of nitrogens with one attached hydrogen (secondary N) is 3. The maximum absolute atomic E-state index is 13.3. The Bertz CT molecular complexity index is 2020. The van der Waals surface area contributed by atoms with Crippen LogP contribution in [0.3, 0.4) is 0 Å². The van der Waals surface area contributed by atoms with Gasteiger partial charge in [-0.15, -0.1) is 11.8 Å². The zero-order valence-corrected chi connectivity index (χ0v) is 26.2. The molecule has 0 aliphatic heterocycles. The highest BCUT2D eigenvalue weighted by atomic mass is 32.2. The first-order chi connectivity index (χ1) is 22.9. The van der Waals surface area contributed by atoms with Crippen molar-refractivity contribution in [2.75, 3.05) is 16.4 Å². The monoisotopic (exact) mass is 638 g/mol. The van der Waals surface area contributed by atoms with Crippen molar-refractivity contribution >= 4 is 58.0 Å². The molecule has 3 amide bonds. The number of oxazole rings is 1.